The van der Waals surface area contributed by atoms with Crippen LogP contribution in [0.15, 0.2) is 24.3 Å². The van der Waals surface area contributed by atoms with Crippen molar-refractivity contribution in [3.8, 4) is 0 Å². The zero-order chi connectivity index (χ0) is 11.5. The number of halogens is 3. The maximum absolute atomic E-state index is 12.2. The lowest BCUT2D eigenvalue weighted by molar-refractivity contribution is -0.137. The van der Waals surface area contributed by atoms with Gasteiger partial charge < -0.3 is 10.7 Å². The van der Waals surface area contributed by atoms with Crippen LogP contribution in [-0.4, -0.2) is 12.3 Å². The molecule has 0 spiro atoms. The molecular formula is C10H11F3N2. The SMILES string of the molecule is CC(=N)CNc1ccc(C(F)(F)F)cc1. The largest absolute Gasteiger partial charge is 0.416 e. The van der Waals surface area contributed by atoms with Crippen LogP contribution in [0.1, 0.15) is 12.5 Å². The molecular weight excluding hydrogens is 205 g/mol. The predicted octanol–water partition coefficient (Wildman–Crippen LogP) is 3.16. The van der Waals surface area contributed by atoms with Crippen molar-refractivity contribution in [1.29, 1.82) is 5.41 Å². The van der Waals surface area contributed by atoms with Crippen molar-refractivity contribution in [2.45, 2.75) is 13.1 Å². The molecule has 0 heterocycles. The number of benzene rings is 1. The van der Waals surface area contributed by atoms with E-state index in [0.717, 1.165) is 12.1 Å². The second kappa shape index (κ2) is 4.33. The second-order valence-corrected chi connectivity index (χ2v) is 3.21. The number of anilines is 1. The molecule has 0 aliphatic heterocycles. The average molecular weight is 216 g/mol. The number of alkyl halides is 3. The van der Waals surface area contributed by atoms with E-state index < -0.39 is 11.7 Å². The molecule has 15 heavy (non-hydrogen) atoms. The Morgan fingerprint density at radius 3 is 2.20 bits per heavy atom. The van der Waals surface area contributed by atoms with Gasteiger partial charge in [0, 0.05) is 11.4 Å². The highest BCUT2D eigenvalue weighted by atomic mass is 19.4. The van der Waals surface area contributed by atoms with Gasteiger partial charge in [-0.05, 0) is 31.2 Å². The Morgan fingerprint density at radius 2 is 1.80 bits per heavy atom. The van der Waals surface area contributed by atoms with Gasteiger partial charge in [0.2, 0.25) is 0 Å². The first-order chi connectivity index (χ1) is 6.89. The van der Waals surface area contributed by atoms with Crippen LogP contribution in [0.5, 0.6) is 0 Å². The van der Waals surface area contributed by atoms with Crippen molar-refractivity contribution in [2.75, 3.05) is 11.9 Å². The van der Waals surface area contributed by atoms with Crippen LogP contribution >= 0.6 is 0 Å². The van der Waals surface area contributed by atoms with E-state index in [1.165, 1.54) is 12.1 Å². The van der Waals surface area contributed by atoms with Crippen LogP contribution < -0.4 is 5.32 Å². The Kier molecular flexibility index (Phi) is 3.34. The number of nitrogens with one attached hydrogen (secondary N) is 2. The molecule has 0 saturated carbocycles. The van der Waals surface area contributed by atoms with Gasteiger partial charge in [0.15, 0.2) is 0 Å². The summed E-state index contributed by atoms with van der Waals surface area (Å²) in [5.41, 5.74) is 0.337. The standard InChI is InChI=1S/C10H11F3N2/c1-7(14)6-15-9-4-2-8(3-5-9)10(11,12)13/h2-5,14-15H,6H2,1H3. The molecule has 0 aliphatic carbocycles. The minimum absolute atomic E-state index is 0.339. The number of hydrogen-bond acceptors (Lipinski definition) is 2. The van der Waals surface area contributed by atoms with Crippen molar-refractivity contribution < 1.29 is 13.2 Å². The summed E-state index contributed by atoms with van der Waals surface area (Å²) >= 11 is 0. The van der Waals surface area contributed by atoms with Gasteiger partial charge in [-0.25, -0.2) is 0 Å². The first kappa shape index (κ1) is 11.6. The fourth-order valence-corrected chi connectivity index (χ4v) is 1.01. The van der Waals surface area contributed by atoms with Crippen molar-refractivity contribution in [1.82, 2.24) is 0 Å². The molecule has 0 bridgehead atoms. The highest BCUT2D eigenvalue weighted by molar-refractivity contribution is 5.83. The fraction of sp³-hybridized carbons (Fsp3) is 0.300. The monoisotopic (exact) mass is 216 g/mol. The van der Waals surface area contributed by atoms with E-state index in [-0.39, 0.29) is 0 Å². The van der Waals surface area contributed by atoms with Gasteiger partial charge in [-0.2, -0.15) is 13.2 Å². The van der Waals surface area contributed by atoms with E-state index in [4.69, 9.17) is 5.41 Å². The third kappa shape index (κ3) is 3.61. The molecule has 0 saturated heterocycles. The molecule has 1 aromatic carbocycles. The normalized spacial score (nSPS) is 11.2. The summed E-state index contributed by atoms with van der Waals surface area (Å²) in [5.74, 6) is 0. The molecule has 2 N–H and O–H groups in total. The highest BCUT2D eigenvalue weighted by Gasteiger charge is 2.29. The lowest BCUT2D eigenvalue weighted by Crippen LogP contribution is -2.10. The molecule has 0 unspecified atom stereocenters. The van der Waals surface area contributed by atoms with Gasteiger partial charge >= 0.3 is 6.18 Å². The zero-order valence-electron chi connectivity index (χ0n) is 8.15. The third-order valence-electron chi connectivity index (χ3n) is 1.77. The van der Waals surface area contributed by atoms with E-state index in [1.807, 2.05) is 0 Å². The van der Waals surface area contributed by atoms with Crippen molar-refractivity contribution >= 4 is 11.4 Å². The molecule has 0 fully saturated rings. The minimum atomic E-state index is -4.30. The predicted molar refractivity (Wildman–Crippen MR) is 53.3 cm³/mol. The first-order valence-electron chi connectivity index (χ1n) is 4.35. The molecule has 0 aromatic heterocycles. The summed E-state index contributed by atoms with van der Waals surface area (Å²) in [7, 11) is 0. The molecule has 1 rings (SSSR count). The number of hydrogen-bond donors (Lipinski definition) is 2. The van der Waals surface area contributed by atoms with E-state index >= 15 is 0 Å². The summed E-state index contributed by atoms with van der Waals surface area (Å²) in [6, 6.07) is 4.74. The van der Waals surface area contributed by atoms with E-state index in [0.29, 0.717) is 17.9 Å². The Bertz CT molecular complexity index is 341. The fourth-order valence-electron chi connectivity index (χ4n) is 1.01. The smallest absolute Gasteiger partial charge is 0.380 e. The van der Waals surface area contributed by atoms with Crippen molar-refractivity contribution in [2.24, 2.45) is 0 Å². The van der Waals surface area contributed by atoms with E-state index in [9.17, 15) is 13.2 Å². The maximum Gasteiger partial charge on any atom is 0.416 e. The Morgan fingerprint density at radius 1 is 1.27 bits per heavy atom. The van der Waals surface area contributed by atoms with Crippen molar-refractivity contribution in [3.05, 3.63) is 29.8 Å². The Balaban J connectivity index is 2.69. The third-order valence-corrected chi connectivity index (χ3v) is 1.77. The van der Waals surface area contributed by atoms with Crippen molar-refractivity contribution in [3.63, 3.8) is 0 Å². The summed E-state index contributed by atoms with van der Waals surface area (Å²) in [6.07, 6.45) is -4.30. The molecule has 0 aliphatic rings. The topological polar surface area (TPSA) is 35.9 Å². The highest BCUT2D eigenvalue weighted by Crippen LogP contribution is 2.29. The molecule has 1 aromatic rings. The minimum Gasteiger partial charge on any atom is -0.380 e. The van der Waals surface area contributed by atoms with Crippen LogP contribution in [0.2, 0.25) is 0 Å². The molecule has 2 nitrogen and oxygen atoms in total. The maximum atomic E-state index is 12.2. The Hall–Kier alpha value is -1.52. The summed E-state index contributed by atoms with van der Waals surface area (Å²) in [4.78, 5) is 0. The molecule has 0 atom stereocenters. The van der Waals surface area contributed by atoms with Crippen LogP contribution in [0.3, 0.4) is 0 Å². The van der Waals surface area contributed by atoms with Gasteiger partial charge in [-0.3, -0.25) is 0 Å². The summed E-state index contributed by atoms with van der Waals surface area (Å²) in [6.45, 7) is 1.96. The van der Waals surface area contributed by atoms with Gasteiger partial charge in [-0.15, -0.1) is 0 Å². The lowest BCUT2D eigenvalue weighted by atomic mass is 10.2. The lowest BCUT2D eigenvalue weighted by Gasteiger charge is -2.08. The molecule has 0 radical (unpaired) electrons. The average Bonchev–Trinajstić information content (AvgIpc) is 2.14. The van der Waals surface area contributed by atoms with Gasteiger partial charge in [-0.1, -0.05) is 0 Å². The van der Waals surface area contributed by atoms with Gasteiger partial charge in [0.05, 0.1) is 12.1 Å². The summed E-state index contributed by atoms with van der Waals surface area (Å²) in [5, 5.41) is 9.97. The van der Waals surface area contributed by atoms with Crippen LogP contribution in [0, 0.1) is 5.41 Å². The van der Waals surface area contributed by atoms with E-state index in [2.05, 4.69) is 5.32 Å². The van der Waals surface area contributed by atoms with Crippen LogP contribution in [-0.2, 0) is 6.18 Å². The molecule has 82 valence electrons. The van der Waals surface area contributed by atoms with Crippen LogP contribution in [0.4, 0.5) is 18.9 Å². The quantitative estimate of drug-likeness (QED) is 0.748. The van der Waals surface area contributed by atoms with Gasteiger partial charge in [0.25, 0.3) is 0 Å². The molecule has 5 heteroatoms. The van der Waals surface area contributed by atoms with E-state index in [1.54, 1.807) is 6.92 Å². The summed E-state index contributed by atoms with van der Waals surface area (Å²) < 4.78 is 36.5. The zero-order valence-corrected chi connectivity index (χ0v) is 8.15. The molecule has 0 amide bonds. The first-order valence-corrected chi connectivity index (χ1v) is 4.35. The Labute approximate surface area is 85.6 Å². The number of rotatable bonds is 3. The van der Waals surface area contributed by atoms with Crippen LogP contribution in [0.25, 0.3) is 0 Å². The van der Waals surface area contributed by atoms with Gasteiger partial charge in [0.1, 0.15) is 0 Å². The second-order valence-electron chi connectivity index (χ2n) is 3.21.